The molecule has 1 aromatic carbocycles. The fraction of sp³-hybridized carbons (Fsp3) is 0.353. The van der Waals surface area contributed by atoms with Crippen molar-refractivity contribution < 1.29 is 13.2 Å². The molecule has 0 radical (unpaired) electrons. The molecule has 0 atom stereocenters. The Morgan fingerprint density at radius 1 is 1.12 bits per heavy atom. The van der Waals surface area contributed by atoms with Crippen LogP contribution in [0.1, 0.15) is 19.3 Å². The Labute approximate surface area is 142 Å². The lowest BCUT2D eigenvalue weighted by atomic mass is 10.2. The lowest BCUT2D eigenvalue weighted by molar-refractivity contribution is -0.116. The summed E-state index contributed by atoms with van der Waals surface area (Å²) in [6, 6.07) is 10.9. The number of hydrogen-bond acceptors (Lipinski definition) is 3. The Morgan fingerprint density at radius 3 is 2.67 bits per heavy atom. The van der Waals surface area contributed by atoms with Crippen molar-refractivity contribution in [3.8, 4) is 0 Å². The number of sulfonamides is 1. The SMILES string of the molecule is O=C(CCn1cccc1)Nc1cccc(N2CCCCS2(=O)=O)c1. The molecule has 0 bridgehead atoms. The lowest BCUT2D eigenvalue weighted by Gasteiger charge is -2.28. The lowest BCUT2D eigenvalue weighted by Crippen LogP contribution is -2.37. The van der Waals surface area contributed by atoms with Crippen LogP contribution in [0.3, 0.4) is 0 Å². The number of carbonyl (C=O) groups excluding carboxylic acids is 1. The average molecular weight is 347 g/mol. The molecule has 0 spiro atoms. The van der Waals surface area contributed by atoms with Crippen molar-refractivity contribution in [1.82, 2.24) is 4.57 Å². The van der Waals surface area contributed by atoms with E-state index >= 15 is 0 Å². The second kappa shape index (κ2) is 7.09. The van der Waals surface area contributed by atoms with E-state index in [0.717, 1.165) is 6.42 Å². The molecule has 0 unspecified atom stereocenters. The topological polar surface area (TPSA) is 71.4 Å². The Hall–Kier alpha value is -2.28. The van der Waals surface area contributed by atoms with Gasteiger partial charge in [0, 0.05) is 37.6 Å². The maximum absolute atomic E-state index is 12.2. The minimum Gasteiger partial charge on any atom is -0.354 e. The highest BCUT2D eigenvalue weighted by Gasteiger charge is 2.26. The highest BCUT2D eigenvalue weighted by atomic mass is 32.2. The first-order chi connectivity index (χ1) is 11.5. The van der Waals surface area contributed by atoms with Gasteiger partial charge in [-0.25, -0.2) is 8.42 Å². The Balaban J connectivity index is 1.65. The fourth-order valence-corrected chi connectivity index (χ4v) is 4.42. The van der Waals surface area contributed by atoms with Crippen LogP contribution in [-0.4, -0.2) is 31.2 Å². The quantitative estimate of drug-likeness (QED) is 0.903. The third-order valence-electron chi connectivity index (χ3n) is 4.03. The second-order valence-electron chi connectivity index (χ2n) is 5.86. The second-order valence-corrected chi connectivity index (χ2v) is 7.88. The van der Waals surface area contributed by atoms with Gasteiger partial charge in [-0.05, 0) is 43.2 Å². The molecule has 128 valence electrons. The zero-order valence-electron chi connectivity index (χ0n) is 13.4. The van der Waals surface area contributed by atoms with Crippen LogP contribution in [0.5, 0.6) is 0 Å². The highest BCUT2D eigenvalue weighted by Crippen LogP contribution is 2.26. The fourth-order valence-electron chi connectivity index (χ4n) is 2.79. The number of benzene rings is 1. The van der Waals surface area contributed by atoms with Gasteiger partial charge in [-0.3, -0.25) is 9.10 Å². The molecule has 6 nitrogen and oxygen atoms in total. The van der Waals surface area contributed by atoms with Crippen molar-refractivity contribution in [2.45, 2.75) is 25.8 Å². The Morgan fingerprint density at radius 2 is 1.92 bits per heavy atom. The molecule has 1 aromatic heterocycles. The first-order valence-electron chi connectivity index (χ1n) is 8.06. The predicted octanol–water partition coefficient (Wildman–Crippen LogP) is 2.45. The maximum atomic E-state index is 12.2. The molecular weight excluding hydrogens is 326 g/mol. The molecule has 2 aromatic rings. The van der Waals surface area contributed by atoms with Gasteiger partial charge in [0.1, 0.15) is 0 Å². The molecular formula is C17H21N3O3S. The summed E-state index contributed by atoms with van der Waals surface area (Å²) in [5.74, 6) is 0.0860. The number of nitrogens with one attached hydrogen (secondary N) is 1. The van der Waals surface area contributed by atoms with Crippen LogP contribution < -0.4 is 9.62 Å². The zero-order valence-corrected chi connectivity index (χ0v) is 14.2. The molecule has 3 rings (SSSR count). The van der Waals surface area contributed by atoms with E-state index in [0.29, 0.717) is 37.3 Å². The molecule has 7 heteroatoms. The number of aryl methyl sites for hydroxylation is 1. The van der Waals surface area contributed by atoms with Crippen LogP contribution in [0.2, 0.25) is 0 Å². The zero-order chi connectivity index (χ0) is 17.0. The van der Waals surface area contributed by atoms with Gasteiger partial charge >= 0.3 is 0 Å². The third kappa shape index (κ3) is 3.97. The highest BCUT2D eigenvalue weighted by molar-refractivity contribution is 7.92. The standard InChI is InChI=1S/C17H21N3O3S/c21-17(8-12-19-9-1-2-10-19)18-15-6-5-7-16(14-15)20-11-3-4-13-24(20,22)23/h1-2,5-7,9-10,14H,3-4,8,11-13H2,(H,18,21). The van der Waals surface area contributed by atoms with Crippen molar-refractivity contribution in [1.29, 1.82) is 0 Å². The number of anilines is 2. The Bertz CT molecular complexity index is 800. The van der Waals surface area contributed by atoms with E-state index in [9.17, 15) is 13.2 Å². The average Bonchev–Trinajstić information content (AvgIpc) is 3.06. The summed E-state index contributed by atoms with van der Waals surface area (Å²) in [6.45, 7) is 1.10. The smallest absolute Gasteiger partial charge is 0.235 e. The number of amides is 1. The Kier molecular flexibility index (Phi) is 4.89. The molecule has 1 aliphatic heterocycles. The van der Waals surface area contributed by atoms with E-state index in [2.05, 4.69) is 5.32 Å². The van der Waals surface area contributed by atoms with Crippen molar-refractivity contribution in [3.05, 3.63) is 48.8 Å². The van der Waals surface area contributed by atoms with Crippen LogP contribution in [0.25, 0.3) is 0 Å². The van der Waals surface area contributed by atoms with E-state index < -0.39 is 10.0 Å². The van der Waals surface area contributed by atoms with E-state index in [1.165, 1.54) is 4.31 Å². The molecule has 1 N–H and O–H groups in total. The van der Waals surface area contributed by atoms with Crippen LogP contribution in [-0.2, 0) is 21.4 Å². The number of aromatic nitrogens is 1. The first-order valence-corrected chi connectivity index (χ1v) is 9.67. The van der Waals surface area contributed by atoms with Gasteiger partial charge in [0.2, 0.25) is 15.9 Å². The molecule has 0 aliphatic carbocycles. The summed E-state index contributed by atoms with van der Waals surface area (Å²) >= 11 is 0. The molecule has 0 saturated carbocycles. The van der Waals surface area contributed by atoms with Crippen molar-refractivity contribution in [3.63, 3.8) is 0 Å². The van der Waals surface area contributed by atoms with Crippen LogP contribution in [0, 0.1) is 0 Å². The van der Waals surface area contributed by atoms with Crippen molar-refractivity contribution in [2.24, 2.45) is 0 Å². The number of carbonyl (C=O) groups is 1. The molecule has 1 amide bonds. The largest absolute Gasteiger partial charge is 0.354 e. The van der Waals surface area contributed by atoms with E-state index in [1.54, 1.807) is 24.3 Å². The first kappa shape index (κ1) is 16.6. The van der Waals surface area contributed by atoms with Gasteiger partial charge in [-0.2, -0.15) is 0 Å². The summed E-state index contributed by atoms with van der Waals surface area (Å²) < 4.78 is 27.7. The number of rotatable bonds is 5. The molecule has 2 heterocycles. The van der Waals surface area contributed by atoms with Gasteiger partial charge < -0.3 is 9.88 Å². The molecule has 24 heavy (non-hydrogen) atoms. The predicted molar refractivity (Wildman–Crippen MR) is 94.5 cm³/mol. The normalized spacial score (nSPS) is 16.8. The van der Waals surface area contributed by atoms with Gasteiger partial charge in [-0.1, -0.05) is 6.07 Å². The van der Waals surface area contributed by atoms with Crippen molar-refractivity contribution in [2.75, 3.05) is 21.9 Å². The van der Waals surface area contributed by atoms with Crippen LogP contribution in [0.4, 0.5) is 11.4 Å². The summed E-state index contributed by atoms with van der Waals surface area (Å²) in [5.41, 5.74) is 1.23. The number of nitrogens with zero attached hydrogens (tertiary/aromatic N) is 2. The van der Waals surface area contributed by atoms with E-state index in [1.807, 2.05) is 29.1 Å². The number of hydrogen-bond donors (Lipinski definition) is 1. The summed E-state index contributed by atoms with van der Waals surface area (Å²) in [7, 11) is -3.24. The molecule has 1 aliphatic rings. The monoisotopic (exact) mass is 347 g/mol. The summed E-state index contributed by atoms with van der Waals surface area (Å²) in [6.07, 6.45) is 5.74. The molecule has 1 fully saturated rings. The minimum absolute atomic E-state index is 0.0950. The van der Waals surface area contributed by atoms with Gasteiger partial charge in [0.25, 0.3) is 0 Å². The van der Waals surface area contributed by atoms with Crippen LogP contribution in [0.15, 0.2) is 48.8 Å². The summed E-state index contributed by atoms with van der Waals surface area (Å²) in [5, 5.41) is 2.84. The van der Waals surface area contributed by atoms with Gasteiger partial charge in [0.05, 0.1) is 11.4 Å². The molecule has 1 saturated heterocycles. The summed E-state index contributed by atoms with van der Waals surface area (Å²) in [4.78, 5) is 12.1. The van der Waals surface area contributed by atoms with Crippen LogP contribution >= 0.6 is 0 Å². The van der Waals surface area contributed by atoms with E-state index in [4.69, 9.17) is 0 Å². The third-order valence-corrected chi connectivity index (χ3v) is 5.90. The minimum atomic E-state index is -3.24. The van der Waals surface area contributed by atoms with E-state index in [-0.39, 0.29) is 11.7 Å². The van der Waals surface area contributed by atoms with Gasteiger partial charge in [0.15, 0.2) is 0 Å². The van der Waals surface area contributed by atoms with Gasteiger partial charge in [-0.15, -0.1) is 0 Å². The van der Waals surface area contributed by atoms with Crippen molar-refractivity contribution >= 4 is 27.3 Å². The maximum Gasteiger partial charge on any atom is 0.235 e.